The highest BCUT2D eigenvalue weighted by Crippen LogP contribution is 2.46. The second-order valence-electron chi connectivity index (χ2n) is 9.29. The number of nitrogens with zero attached hydrogens (tertiary/aromatic N) is 1. The molecule has 0 saturated heterocycles. The van der Waals surface area contributed by atoms with Gasteiger partial charge in [0.1, 0.15) is 11.5 Å². The third kappa shape index (κ3) is 4.38. The fraction of sp³-hybridized carbons (Fsp3) is 0.370. The van der Waals surface area contributed by atoms with E-state index in [-0.39, 0.29) is 23.3 Å². The Bertz CT molecular complexity index is 1110. The molecular formula is C27H29NO4. The molecule has 4 rings (SSSR count). The lowest BCUT2D eigenvalue weighted by Gasteiger charge is -2.36. The van der Waals surface area contributed by atoms with Crippen molar-refractivity contribution in [3.8, 4) is 5.75 Å². The lowest BCUT2D eigenvalue weighted by Crippen LogP contribution is -2.32. The van der Waals surface area contributed by atoms with Crippen molar-refractivity contribution in [2.75, 3.05) is 6.61 Å². The van der Waals surface area contributed by atoms with Crippen molar-refractivity contribution in [2.45, 2.75) is 52.5 Å². The lowest BCUT2D eigenvalue weighted by molar-refractivity contribution is -0.138. The van der Waals surface area contributed by atoms with Gasteiger partial charge < -0.3 is 9.84 Å². The van der Waals surface area contributed by atoms with Gasteiger partial charge in [0.15, 0.2) is 6.04 Å². The minimum Gasteiger partial charge on any atom is -0.494 e. The number of carboxylic acid groups (broad SMARTS) is 1. The van der Waals surface area contributed by atoms with E-state index in [1.165, 1.54) is 0 Å². The first-order chi connectivity index (χ1) is 15.3. The number of carbonyl (C=O) groups excluding carboxylic acids is 1. The van der Waals surface area contributed by atoms with E-state index in [4.69, 9.17) is 4.74 Å². The summed E-state index contributed by atoms with van der Waals surface area (Å²) in [5.41, 5.74) is 4.90. The SMILES string of the molecule is CCOc1ccc(CC(N=C2C(=O)C3=C(CC(C)(C)CC3)c3ccccc32)C(=O)O)cc1. The van der Waals surface area contributed by atoms with E-state index in [2.05, 4.69) is 18.8 Å². The number of Topliss-reactive ketones (excluding diaryl/α,β-unsaturated/α-hetero) is 1. The number of carboxylic acids is 1. The van der Waals surface area contributed by atoms with Gasteiger partial charge in [-0.3, -0.25) is 9.79 Å². The zero-order valence-corrected chi connectivity index (χ0v) is 18.9. The number of ether oxygens (including phenoxy) is 1. The third-order valence-electron chi connectivity index (χ3n) is 6.30. The number of hydrogen-bond acceptors (Lipinski definition) is 4. The first-order valence-electron chi connectivity index (χ1n) is 11.2. The lowest BCUT2D eigenvalue weighted by atomic mass is 9.68. The average Bonchev–Trinajstić information content (AvgIpc) is 2.76. The van der Waals surface area contributed by atoms with E-state index < -0.39 is 12.0 Å². The first kappa shape index (κ1) is 22.0. The van der Waals surface area contributed by atoms with Gasteiger partial charge in [0.2, 0.25) is 5.78 Å². The Morgan fingerprint density at radius 1 is 1.09 bits per heavy atom. The molecule has 0 saturated carbocycles. The molecule has 1 atom stereocenters. The van der Waals surface area contributed by atoms with E-state index in [1.54, 1.807) is 0 Å². The predicted octanol–water partition coefficient (Wildman–Crippen LogP) is 5.12. The van der Waals surface area contributed by atoms with Crippen molar-refractivity contribution in [3.63, 3.8) is 0 Å². The fourth-order valence-corrected chi connectivity index (χ4v) is 4.60. The second kappa shape index (κ2) is 8.73. The normalized spacial score (nSPS) is 19.3. The summed E-state index contributed by atoms with van der Waals surface area (Å²) in [5, 5.41) is 9.88. The highest BCUT2D eigenvalue weighted by molar-refractivity contribution is 6.54. The van der Waals surface area contributed by atoms with Gasteiger partial charge in [-0.2, -0.15) is 0 Å². The Morgan fingerprint density at radius 3 is 2.44 bits per heavy atom. The summed E-state index contributed by atoms with van der Waals surface area (Å²) in [7, 11) is 0. The number of carbonyl (C=O) groups is 2. The van der Waals surface area contributed by atoms with Crippen LogP contribution in [0.1, 0.15) is 56.7 Å². The van der Waals surface area contributed by atoms with Gasteiger partial charge in [-0.15, -0.1) is 0 Å². The number of aliphatic carboxylic acids is 1. The summed E-state index contributed by atoms with van der Waals surface area (Å²) in [4.78, 5) is 30.1. The Hall–Kier alpha value is -3.21. The maximum atomic E-state index is 13.5. The van der Waals surface area contributed by atoms with Crippen molar-refractivity contribution >= 4 is 23.0 Å². The summed E-state index contributed by atoms with van der Waals surface area (Å²) in [6.07, 6.45) is 2.68. The maximum Gasteiger partial charge on any atom is 0.328 e. The van der Waals surface area contributed by atoms with Crippen LogP contribution < -0.4 is 4.74 Å². The Balaban J connectivity index is 1.71. The summed E-state index contributed by atoms with van der Waals surface area (Å²) >= 11 is 0. The Morgan fingerprint density at radius 2 is 1.78 bits per heavy atom. The van der Waals surface area contributed by atoms with E-state index in [1.807, 2.05) is 55.5 Å². The molecule has 0 radical (unpaired) electrons. The van der Waals surface area contributed by atoms with Gasteiger partial charge >= 0.3 is 5.97 Å². The van der Waals surface area contributed by atoms with E-state index >= 15 is 0 Å². The quantitative estimate of drug-likeness (QED) is 0.689. The summed E-state index contributed by atoms with van der Waals surface area (Å²) in [5.74, 6) is -0.418. The molecule has 0 spiro atoms. The van der Waals surface area contributed by atoms with Gasteiger partial charge in [-0.25, -0.2) is 4.79 Å². The van der Waals surface area contributed by atoms with Gasteiger partial charge in [0.05, 0.1) is 6.61 Å². The van der Waals surface area contributed by atoms with Crippen LogP contribution in [-0.4, -0.2) is 35.2 Å². The van der Waals surface area contributed by atoms with Gasteiger partial charge in [0.25, 0.3) is 0 Å². The standard InChI is InChI=1S/C27H29NO4/c1-4-32-18-11-9-17(10-12-18)15-23(26(30)31)28-24-20-8-6-5-7-19(20)22-16-27(2,3)14-13-21(22)25(24)29/h5-12,23H,4,13-16H2,1-3H3,(H,30,31). The van der Waals surface area contributed by atoms with Crippen molar-refractivity contribution in [1.29, 1.82) is 0 Å². The van der Waals surface area contributed by atoms with Crippen LogP contribution in [0, 0.1) is 5.41 Å². The van der Waals surface area contributed by atoms with Crippen molar-refractivity contribution in [3.05, 3.63) is 70.8 Å². The molecule has 0 bridgehead atoms. The van der Waals surface area contributed by atoms with Crippen molar-refractivity contribution in [1.82, 2.24) is 0 Å². The Kier molecular flexibility index (Phi) is 6.00. The number of benzene rings is 2. The number of ketones is 1. The molecule has 2 aromatic carbocycles. The minimum atomic E-state index is -1.04. The second-order valence-corrected chi connectivity index (χ2v) is 9.29. The summed E-state index contributed by atoms with van der Waals surface area (Å²) < 4.78 is 5.46. The molecule has 2 aromatic rings. The average molecular weight is 432 g/mol. The van der Waals surface area contributed by atoms with E-state index in [0.717, 1.165) is 46.4 Å². The molecular weight excluding hydrogens is 402 g/mol. The zero-order valence-electron chi connectivity index (χ0n) is 18.9. The van der Waals surface area contributed by atoms with Crippen LogP contribution >= 0.6 is 0 Å². The number of aliphatic imine (C=N–C) groups is 1. The minimum absolute atomic E-state index is 0.118. The molecule has 32 heavy (non-hydrogen) atoms. The summed E-state index contributed by atoms with van der Waals surface area (Å²) in [6.45, 7) is 6.94. The van der Waals surface area contributed by atoms with Crippen LogP contribution in [0.3, 0.4) is 0 Å². The molecule has 0 fully saturated rings. The molecule has 1 unspecified atom stereocenters. The zero-order chi connectivity index (χ0) is 22.9. The smallest absolute Gasteiger partial charge is 0.328 e. The van der Waals surface area contributed by atoms with Crippen LogP contribution in [0.15, 0.2) is 59.1 Å². The largest absolute Gasteiger partial charge is 0.494 e. The molecule has 5 nitrogen and oxygen atoms in total. The van der Waals surface area contributed by atoms with Crippen LogP contribution in [-0.2, 0) is 16.0 Å². The monoisotopic (exact) mass is 431 g/mol. The molecule has 0 amide bonds. The molecule has 166 valence electrons. The van der Waals surface area contributed by atoms with E-state index in [9.17, 15) is 14.7 Å². The number of allylic oxidation sites excluding steroid dienone is 2. The van der Waals surface area contributed by atoms with Crippen molar-refractivity contribution in [2.24, 2.45) is 10.4 Å². The highest BCUT2D eigenvalue weighted by atomic mass is 16.5. The molecule has 2 aliphatic rings. The fourth-order valence-electron chi connectivity index (χ4n) is 4.60. The van der Waals surface area contributed by atoms with Crippen LogP contribution in [0.4, 0.5) is 0 Å². The molecule has 2 aliphatic carbocycles. The molecule has 5 heteroatoms. The van der Waals surface area contributed by atoms with Crippen LogP contribution in [0.2, 0.25) is 0 Å². The third-order valence-corrected chi connectivity index (χ3v) is 6.30. The number of fused-ring (bicyclic) bond motifs is 2. The van der Waals surface area contributed by atoms with Crippen molar-refractivity contribution < 1.29 is 19.4 Å². The van der Waals surface area contributed by atoms with Gasteiger partial charge in [-0.05, 0) is 60.4 Å². The predicted molar refractivity (Wildman–Crippen MR) is 125 cm³/mol. The topological polar surface area (TPSA) is 76.0 Å². The highest BCUT2D eigenvalue weighted by Gasteiger charge is 2.37. The van der Waals surface area contributed by atoms with Crippen LogP contribution in [0.5, 0.6) is 5.75 Å². The number of rotatable bonds is 6. The Labute approximate surface area is 188 Å². The van der Waals surface area contributed by atoms with Gasteiger partial charge in [-0.1, -0.05) is 50.2 Å². The first-order valence-corrected chi connectivity index (χ1v) is 11.2. The molecule has 0 aliphatic heterocycles. The molecule has 1 N–H and O–H groups in total. The van der Waals surface area contributed by atoms with Gasteiger partial charge in [0, 0.05) is 17.6 Å². The molecule has 0 heterocycles. The van der Waals surface area contributed by atoms with E-state index in [0.29, 0.717) is 13.0 Å². The molecule has 0 aromatic heterocycles. The maximum absolute atomic E-state index is 13.5. The number of hydrogen-bond donors (Lipinski definition) is 1. The van der Waals surface area contributed by atoms with Crippen LogP contribution in [0.25, 0.3) is 5.57 Å². The summed E-state index contributed by atoms with van der Waals surface area (Å²) in [6, 6.07) is 14.1.